The molecule has 0 bridgehead atoms. The Balaban J connectivity index is 2.44. The summed E-state index contributed by atoms with van der Waals surface area (Å²) < 4.78 is 0. The third-order valence-electron chi connectivity index (χ3n) is 2.80. The molecule has 0 amide bonds. The first-order valence-electron chi connectivity index (χ1n) is 5.59. The third-order valence-corrected chi connectivity index (χ3v) is 3.76. The minimum absolute atomic E-state index is 0.830. The molecule has 0 aliphatic rings. The summed E-state index contributed by atoms with van der Waals surface area (Å²) in [6.45, 7) is 4.54. The number of nitrogens with two attached hydrogens (primary N) is 1. The van der Waals surface area contributed by atoms with Gasteiger partial charge in [-0.2, -0.15) is 0 Å². The second-order valence-electron chi connectivity index (χ2n) is 3.92. The third kappa shape index (κ3) is 3.33. The summed E-state index contributed by atoms with van der Waals surface area (Å²) in [6, 6.07) is 2.02. The molecule has 0 spiro atoms. The van der Waals surface area contributed by atoms with Gasteiger partial charge in [0.25, 0.3) is 0 Å². The van der Waals surface area contributed by atoms with Gasteiger partial charge in [0, 0.05) is 10.6 Å². The van der Waals surface area contributed by atoms with Gasteiger partial charge in [-0.3, -0.25) is 0 Å². The van der Waals surface area contributed by atoms with E-state index in [1.807, 2.05) is 6.07 Å². The van der Waals surface area contributed by atoms with Crippen molar-refractivity contribution in [2.75, 3.05) is 5.73 Å². The topological polar surface area (TPSA) is 26.0 Å². The Morgan fingerprint density at radius 2 is 2.21 bits per heavy atom. The standard InChI is InChI=1S/C12H21NS/c1-3-5-6-10(4-2)9-12-11(13)7-8-14-12/h7-8,10H,3-6,9,13H2,1-2H3. The van der Waals surface area contributed by atoms with E-state index in [0.29, 0.717) is 0 Å². The minimum atomic E-state index is 0.830. The fourth-order valence-electron chi connectivity index (χ4n) is 1.72. The highest BCUT2D eigenvalue weighted by molar-refractivity contribution is 7.10. The molecule has 1 aromatic rings. The first-order valence-corrected chi connectivity index (χ1v) is 6.47. The van der Waals surface area contributed by atoms with Crippen molar-refractivity contribution < 1.29 is 0 Å². The van der Waals surface area contributed by atoms with E-state index in [9.17, 15) is 0 Å². The molecule has 0 aliphatic carbocycles. The van der Waals surface area contributed by atoms with Crippen molar-refractivity contribution in [1.82, 2.24) is 0 Å². The van der Waals surface area contributed by atoms with Gasteiger partial charge in [0.2, 0.25) is 0 Å². The quantitative estimate of drug-likeness (QED) is 0.753. The summed E-state index contributed by atoms with van der Waals surface area (Å²) in [4.78, 5) is 1.38. The molecule has 1 atom stereocenters. The zero-order valence-electron chi connectivity index (χ0n) is 9.25. The number of hydrogen-bond donors (Lipinski definition) is 1. The molecule has 0 radical (unpaired) electrons. The summed E-state index contributed by atoms with van der Waals surface area (Å²) in [5, 5.41) is 2.09. The summed E-state index contributed by atoms with van der Waals surface area (Å²) >= 11 is 1.80. The van der Waals surface area contributed by atoms with E-state index in [1.165, 1.54) is 37.0 Å². The van der Waals surface area contributed by atoms with Crippen molar-refractivity contribution in [1.29, 1.82) is 0 Å². The van der Waals surface area contributed by atoms with Crippen molar-refractivity contribution in [3.05, 3.63) is 16.3 Å². The van der Waals surface area contributed by atoms with Crippen LogP contribution in [0.4, 0.5) is 5.69 Å². The predicted molar refractivity (Wildman–Crippen MR) is 65.7 cm³/mol. The van der Waals surface area contributed by atoms with Crippen molar-refractivity contribution >= 4 is 17.0 Å². The van der Waals surface area contributed by atoms with E-state index >= 15 is 0 Å². The minimum Gasteiger partial charge on any atom is -0.398 e. The van der Waals surface area contributed by atoms with E-state index < -0.39 is 0 Å². The Kier molecular flexibility index (Phi) is 5.02. The Hall–Kier alpha value is -0.500. The van der Waals surface area contributed by atoms with E-state index in [1.54, 1.807) is 11.3 Å². The molecule has 2 heteroatoms. The molecule has 14 heavy (non-hydrogen) atoms. The molecule has 1 unspecified atom stereocenters. The summed E-state index contributed by atoms with van der Waals surface area (Å²) in [5.74, 6) is 0.830. The monoisotopic (exact) mass is 211 g/mol. The average Bonchev–Trinajstić information content (AvgIpc) is 2.59. The number of anilines is 1. The molecule has 0 aromatic carbocycles. The highest BCUT2D eigenvalue weighted by atomic mass is 32.1. The second kappa shape index (κ2) is 6.07. The van der Waals surface area contributed by atoms with Crippen LogP contribution in [-0.2, 0) is 6.42 Å². The van der Waals surface area contributed by atoms with Crippen LogP contribution in [0.3, 0.4) is 0 Å². The van der Waals surface area contributed by atoms with E-state index in [0.717, 1.165) is 11.6 Å². The maximum absolute atomic E-state index is 5.88. The van der Waals surface area contributed by atoms with Crippen LogP contribution in [0.15, 0.2) is 11.4 Å². The average molecular weight is 211 g/mol. The largest absolute Gasteiger partial charge is 0.398 e. The fourth-order valence-corrected chi connectivity index (χ4v) is 2.64. The molecule has 1 aromatic heterocycles. The predicted octanol–water partition coefficient (Wildman–Crippen LogP) is 4.09. The van der Waals surface area contributed by atoms with Gasteiger partial charge in [-0.15, -0.1) is 11.3 Å². The molecular formula is C12H21NS. The normalized spacial score (nSPS) is 13.0. The van der Waals surface area contributed by atoms with Gasteiger partial charge >= 0.3 is 0 Å². The van der Waals surface area contributed by atoms with Gasteiger partial charge in [-0.1, -0.05) is 39.5 Å². The molecule has 80 valence electrons. The molecule has 0 saturated carbocycles. The number of rotatable bonds is 6. The lowest BCUT2D eigenvalue weighted by atomic mass is 9.95. The second-order valence-corrected chi connectivity index (χ2v) is 4.92. The maximum Gasteiger partial charge on any atom is 0.0455 e. The van der Waals surface area contributed by atoms with Gasteiger partial charge in [-0.05, 0) is 23.8 Å². The molecular weight excluding hydrogens is 190 g/mol. The lowest BCUT2D eigenvalue weighted by molar-refractivity contribution is 0.452. The van der Waals surface area contributed by atoms with Crippen LogP contribution in [0.5, 0.6) is 0 Å². The van der Waals surface area contributed by atoms with Crippen LogP contribution in [0.1, 0.15) is 44.4 Å². The van der Waals surface area contributed by atoms with Gasteiger partial charge in [0.15, 0.2) is 0 Å². The molecule has 2 N–H and O–H groups in total. The number of hydrogen-bond acceptors (Lipinski definition) is 2. The number of thiophene rings is 1. The first kappa shape index (κ1) is 11.6. The number of unbranched alkanes of at least 4 members (excludes halogenated alkanes) is 1. The molecule has 0 fully saturated rings. The highest BCUT2D eigenvalue weighted by Gasteiger charge is 2.09. The fraction of sp³-hybridized carbons (Fsp3) is 0.667. The Bertz CT molecular complexity index is 255. The van der Waals surface area contributed by atoms with Crippen molar-refractivity contribution in [3.8, 4) is 0 Å². The Morgan fingerprint density at radius 3 is 2.71 bits per heavy atom. The van der Waals surface area contributed by atoms with Crippen LogP contribution in [0.25, 0.3) is 0 Å². The van der Waals surface area contributed by atoms with Crippen LogP contribution in [-0.4, -0.2) is 0 Å². The smallest absolute Gasteiger partial charge is 0.0455 e. The summed E-state index contributed by atoms with van der Waals surface area (Å²) in [5.41, 5.74) is 6.87. The Morgan fingerprint density at radius 1 is 1.43 bits per heavy atom. The van der Waals surface area contributed by atoms with E-state index in [2.05, 4.69) is 19.2 Å². The van der Waals surface area contributed by atoms with Gasteiger partial charge < -0.3 is 5.73 Å². The van der Waals surface area contributed by atoms with Gasteiger partial charge in [-0.25, -0.2) is 0 Å². The highest BCUT2D eigenvalue weighted by Crippen LogP contribution is 2.26. The van der Waals surface area contributed by atoms with Crippen molar-refractivity contribution in [3.63, 3.8) is 0 Å². The lowest BCUT2D eigenvalue weighted by Crippen LogP contribution is -2.03. The maximum atomic E-state index is 5.88. The van der Waals surface area contributed by atoms with Crippen LogP contribution >= 0.6 is 11.3 Å². The first-order chi connectivity index (χ1) is 6.77. The summed E-state index contributed by atoms with van der Waals surface area (Å²) in [6.07, 6.45) is 6.46. The van der Waals surface area contributed by atoms with Gasteiger partial charge in [0.1, 0.15) is 0 Å². The number of nitrogen functional groups attached to an aromatic ring is 1. The van der Waals surface area contributed by atoms with Gasteiger partial charge in [0.05, 0.1) is 0 Å². The zero-order chi connectivity index (χ0) is 10.4. The Labute approximate surface area is 91.3 Å². The van der Waals surface area contributed by atoms with Crippen molar-refractivity contribution in [2.24, 2.45) is 5.92 Å². The van der Waals surface area contributed by atoms with Crippen LogP contribution < -0.4 is 5.73 Å². The van der Waals surface area contributed by atoms with E-state index in [4.69, 9.17) is 5.73 Å². The molecule has 0 aliphatic heterocycles. The molecule has 0 saturated heterocycles. The van der Waals surface area contributed by atoms with E-state index in [-0.39, 0.29) is 0 Å². The van der Waals surface area contributed by atoms with Crippen LogP contribution in [0, 0.1) is 5.92 Å². The molecule has 1 rings (SSSR count). The zero-order valence-corrected chi connectivity index (χ0v) is 10.1. The summed E-state index contributed by atoms with van der Waals surface area (Å²) in [7, 11) is 0. The van der Waals surface area contributed by atoms with Crippen molar-refractivity contribution in [2.45, 2.75) is 46.0 Å². The SMILES string of the molecule is CCCCC(CC)Cc1sccc1N. The molecule has 1 heterocycles. The molecule has 1 nitrogen and oxygen atoms in total. The lowest BCUT2D eigenvalue weighted by Gasteiger charge is -2.13. The van der Waals surface area contributed by atoms with Crippen LogP contribution in [0.2, 0.25) is 0 Å².